The smallest absolute Gasteiger partial charge is 0.122 e. The van der Waals surface area contributed by atoms with Crippen LogP contribution in [0, 0.1) is 27.7 Å². The van der Waals surface area contributed by atoms with Crippen molar-refractivity contribution in [1.29, 1.82) is 0 Å². The standard InChI is InChI=1S/C34H38O4/c1-18-8-10-31(35)27(12-18)23(6)29-16-25(14-20(3)33(29)37)22(5)26-15-21(4)34(38)30(17-26)24(7)28-13-19(2)9-11-32(28)36/h8-17,22-24,35-38H,1-7H3. The third-order valence-corrected chi connectivity index (χ3v) is 7.94. The van der Waals surface area contributed by atoms with Crippen LogP contribution in [0.2, 0.25) is 0 Å². The molecule has 0 aliphatic heterocycles. The maximum absolute atomic E-state index is 11.0. The van der Waals surface area contributed by atoms with Gasteiger partial charge in [-0.25, -0.2) is 0 Å². The van der Waals surface area contributed by atoms with E-state index in [0.29, 0.717) is 0 Å². The summed E-state index contributed by atoms with van der Waals surface area (Å²) in [6.45, 7) is 13.9. The predicted molar refractivity (Wildman–Crippen MR) is 154 cm³/mol. The monoisotopic (exact) mass is 510 g/mol. The predicted octanol–water partition coefficient (Wildman–Crippen LogP) is 8.20. The number of benzene rings is 4. The summed E-state index contributed by atoms with van der Waals surface area (Å²) < 4.78 is 0. The van der Waals surface area contributed by atoms with Gasteiger partial charge in [0.25, 0.3) is 0 Å². The Bertz CT molecular complexity index is 1390. The maximum atomic E-state index is 11.0. The molecule has 0 aliphatic carbocycles. The molecule has 38 heavy (non-hydrogen) atoms. The van der Waals surface area contributed by atoms with E-state index in [0.717, 1.165) is 55.6 Å². The Kier molecular flexibility index (Phi) is 7.46. The molecule has 2 atom stereocenters. The first kappa shape index (κ1) is 27.1. The molecular formula is C34H38O4. The van der Waals surface area contributed by atoms with Crippen molar-refractivity contribution >= 4 is 0 Å². The van der Waals surface area contributed by atoms with Crippen LogP contribution in [0.5, 0.6) is 23.0 Å². The van der Waals surface area contributed by atoms with Gasteiger partial charge in [-0.15, -0.1) is 0 Å². The van der Waals surface area contributed by atoms with Gasteiger partial charge in [0.2, 0.25) is 0 Å². The van der Waals surface area contributed by atoms with Crippen molar-refractivity contribution in [3.05, 3.63) is 116 Å². The zero-order chi connectivity index (χ0) is 27.9. The summed E-state index contributed by atoms with van der Waals surface area (Å²) in [4.78, 5) is 0. The molecule has 4 N–H and O–H groups in total. The fraction of sp³-hybridized carbons (Fsp3) is 0.294. The van der Waals surface area contributed by atoms with Gasteiger partial charge in [-0.1, -0.05) is 80.4 Å². The lowest BCUT2D eigenvalue weighted by Gasteiger charge is -2.23. The average molecular weight is 511 g/mol. The zero-order valence-electron chi connectivity index (χ0n) is 23.3. The number of aryl methyl sites for hydroxylation is 4. The average Bonchev–Trinajstić information content (AvgIpc) is 2.88. The number of rotatable bonds is 6. The second-order valence-electron chi connectivity index (χ2n) is 10.8. The molecule has 198 valence electrons. The van der Waals surface area contributed by atoms with Crippen molar-refractivity contribution in [3.63, 3.8) is 0 Å². The number of aromatic hydroxyl groups is 4. The first-order valence-corrected chi connectivity index (χ1v) is 13.1. The Morgan fingerprint density at radius 3 is 1.18 bits per heavy atom. The molecule has 4 aromatic rings. The second-order valence-corrected chi connectivity index (χ2v) is 10.8. The fourth-order valence-electron chi connectivity index (χ4n) is 5.40. The first-order valence-electron chi connectivity index (χ1n) is 13.1. The minimum atomic E-state index is -0.206. The van der Waals surface area contributed by atoms with Crippen molar-refractivity contribution < 1.29 is 20.4 Å². The van der Waals surface area contributed by atoms with Crippen LogP contribution in [0.3, 0.4) is 0 Å². The van der Waals surface area contributed by atoms with Crippen LogP contribution in [0.15, 0.2) is 60.7 Å². The van der Waals surface area contributed by atoms with E-state index in [-0.39, 0.29) is 40.8 Å². The van der Waals surface area contributed by atoms with E-state index in [1.54, 1.807) is 12.1 Å². The lowest BCUT2D eigenvalue weighted by Crippen LogP contribution is -2.05. The molecule has 0 saturated heterocycles. The quantitative estimate of drug-likeness (QED) is 0.211. The topological polar surface area (TPSA) is 80.9 Å². The molecule has 4 nitrogen and oxygen atoms in total. The molecule has 0 bridgehead atoms. The molecule has 0 fully saturated rings. The third kappa shape index (κ3) is 5.08. The van der Waals surface area contributed by atoms with Gasteiger partial charge in [0.05, 0.1) is 0 Å². The van der Waals surface area contributed by atoms with Crippen LogP contribution < -0.4 is 0 Å². The van der Waals surface area contributed by atoms with Gasteiger partial charge in [-0.3, -0.25) is 0 Å². The van der Waals surface area contributed by atoms with Crippen LogP contribution in [-0.2, 0) is 0 Å². The Balaban J connectivity index is 1.78. The van der Waals surface area contributed by atoms with Gasteiger partial charge in [0.1, 0.15) is 23.0 Å². The Morgan fingerprint density at radius 1 is 0.447 bits per heavy atom. The number of hydrogen-bond donors (Lipinski definition) is 4. The van der Waals surface area contributed by atoms with Gasteiger partial charge in [-0.05, 0) is 62.1 Å². The van der Waals surface area contributed by atoms with E-state index >= 15 is 0 Å². The Morgan fingerprint density at radius 2 is 0.816 bits per heavy atom. The molecule has 4 heteroatoms. The molecular weight excluding hydrogens is 472 g/mol. The van der Waals surface area contributed by atoms with Crippen molar-refractivity contribution in [3.8, 4) is 23.0 Å². The van der Waals surface area contributed by atoms with Gasteiger partial charge >= 0.3 is 0 Å². The van der Waals surface area contributed by atoms with Crippen LogP contribution in [0.25, 0.3) is 0 Å². The molecule has 0 saturated carbocycles. The van der Waals surface area contributed by atoms with E-state index in [2.05, 4.69) is 6.92 Å². The van der Waals surface area contributed by atoms with Crippen LogP contribution in [-0.4, -0.2) is 20.4 Å². The summed E-state index contributed by atoms with van der Waals surface area (Å²) in [5.74, 6) is 0.463. The molecule has 0 amide bonds. The molecule has 2 unspecified atom stereocenters. The van der Waals surface area contributed by atoms with Gasteiger partial charge < -0.3 is 20.4 Å². The Hall–Kier alpha value is -3.92. The van der Waals surface area contributed by atoms with Gasteiger partial charge in [0.15, 0.2) is 0 Å². The summed E-state index contributed by atoms with van der Waals surface area (Å²) in [6.07, 6.45) is 0. The summed E-state index contributed by atoms with van der Waals surface area (Å²) in [7, 11) is 0. The molecule has 0 heterocycles. The second kappa shape index (κ2) is 10.4. The lowest BCUT2D eigenvalue weighted by atomic mass is 9.82. The lowest BCUT2D eigenvalue weighted by molar-refractivity contribution is 0.453. The molecule has 4 rings (SSSR count). The fourth-order valence-corrected chi connectivity index (χ4v) is 5.40. The number of phenols is 4. The molecule has 4 aromatic carbocycles. The molecule has 0 aromatic heterocycles. The largest absolute Gasteiger partial charge is 0.508 e. The van der Waals surface area contributed by atoms with Crippen LogP contribution in [0.1, 0.15) is 94.2 Å². The van der Waals surface area contributed by atoms with E-state index in [1.807, 2.05) is 90.1 Å². The third-order valence-electron chi connectivity index (χ3n) is 7.94. The van der Waals surface area contributed by atoms with Crippen LogP contribution >= 0.6 is 0 Å². The van der Waals surface area contributed by atoms with E-state index < -0.39 is 0 Å². The minimum Gasteiger partial charge on any atom is -0.508 e. The number of hydrogen-bond acceptors (Lipinski definition) is 4. The zero-order valence-corrected chi connectivity index (χ0v) is 23.3. The highest BCUT2D eigenvalue weighted by atomic mass is 16.3. The van der Waals surface area contributed by atoms with Gasteiger partial charge in [0, 0.05) is 40.0 Å². The highest BCUT2D eigenvalue weighted by Gasteiger charge is 2.23. The van der Waals surface area contributed by atoms with Crippen molar-refractivity contribution in [2.45, 2.75) is 66.2 Å². The maximum Gasteiger partial charge on any atom is 0.122 e. The SMILES string of the molecule is Cc1ccc(O)c(C(C)c2cc(C(C)c3cc(C)c(O)c(C(C)c4cc(C)ccc4O)c3)cc(C)c2O)c1. The molecule has 0 aliphatic rings. The summed E-state index contributed by atoms with van der Waals surface area (Å²) in [6, 6.07) is 19.1. The van der Waals surface area contributed by atoms with Crippen molar-refractivity contribution in [1.82, 2.24) is 0 Å². The summed E-state index contributed by atoms with van der Waals surface area (Å²) >= 11 is 0. The highest BCUT2D eigenvalue weighted by molar-refractivity contribution is 5.55. The Labute approximate surface area is 225 Å². The minimum absolute atomic E-state index is 0.0253. The first-order chi connectivity index (χ1) is 17.9. The van der Waals surface area contributed by atoms with E-state index in [9.17, 15) is 20.4 Å². The highest BCUT2D eigenvalue weighted by Crippen LogP contribution is 2.42. The van der Waals surface area contributed by atoms with Crippen LogP contribution in [0.4, 0.5) is 0 Å². The van der Waals surface area contributed by atoms with Gasteiger partial charge in [-0.2, -0.15) is 0 Å². The summed E-state index contributed by atoms with van der Waals surface area (Å²) in [5, 5.41) is 43.1. The summed E-state index contributed by atoms with van der Waals surface area (Å²) in [5.41, 5.74) is 8.81. The molecule has 0 spiro atoms. The van der Waals surface area contributed by atoms with Crippen molar-refractivity contribution in [2.24, 2.45) is 0 Å². The molecule has 0 radical (unpaired) electrons. The van der Waals surface area contributed by atoms with Crippen molar-refractivity contribution in [2.75, 3.05) is 0 Å². The normalized spacial score (nSPS) is 13.8. The van der Waals surface area contributed by atoms with E-state index in [4.69, 9.17) is 0 Å². The van der Waals surface area contributed by atoms with E-state index in [1.165, 1.54) is 0 Å². The number of phenolic OH excluding ortho intramolecular Hbond substituents is 4.